The number of rotatable bonds is 6. The highest BCUT2D eigenvalue weighted by Crippen LogP contribution is 2.17. The van der Waals surface area contributed by atoms with Crippen LogP contribution < -0.4 is 15.6 Å². The Morgan fingerprint density at radius 2 is 2.13 bits per heavy atom. The Hall–Kier alpha value is -2.41. The number of benzene rings is 1. The molecule has 0 bridgehead atoms. The van der Waals surface area contributed by atoms with Gasteiger partial charge in [0, 0.05) is 11.8 Å². The minimum atomic E-state index is -0.148. The number of hydrogen-bond donors (Lipinski definition) is 1. The number of aromatic nitrogens is 3. The first-order valence-corrected chi connectivity index (χ1v) is 8.32. The molecule has 0 fully saturated rings. The van der Waals surface area contributed by atoms with Crippen molar-refractivity contribution in [1.29, 1.82) is 0 Å². The van der Waals surface area contributed by atoms with Gasteiger partial charge in [0.1, 0.15) is 11.9 Å². The van der Waals surface area contributed by atoms with Gasteiger partial charge in [-0.2, -0.15) is 4.52 Å². The van der Waals surface area contributed by atoms with E-state index >= 15 is 0 Å². The summed E-state index contributed by atoms with van der Waals surface area (Å²) in [7, 11) is 0. The SMILES string of the molecule is CCc1cc(=O)n2nc(NCC(C)Oc3ccccc3)sc2n1. The van der Waals surface area contributed by atoms with E-state index in [-0.39, 0.29) is 11.7 Å². The molecule has 2 heterocycles. The second-order valence-corrected chi connectivity index (χ2v) is 6.12. The lowest BCUT2D eigenvalue weighted by Gasteiger charge is -2.14. The molecule has 0 saturated heterocycles. The van der Waals surface area contributed by atoms with Gasteiger partial charge in [0.25, 0.3) is 5.56 Å². The van der Waals surface area contributed by atoms with Crippen molar-refractivity contribution in [1.82, 2.24) is 14.6 Å². The summed E-state index contributed by atoms with van der Waals surface area (Å²) in [5.41, 5.74) is 0.635. The predicted octanol–water partition coefficient (Wildman–Crippen LogP) is 2.59. The molecule has 0 aliphatic heterocycles. The lowest BCUT2D eigenvalue weighted by atomic mass is 10.3. The van der Waals surface area contributed by atoms with Gasteiger partial charge in [0.2, 0.25) is 10.1 Å². The highest BCUT2D eigenvalue weighted by molar-refractivity contribution is 7.20. The van der Waals surface area contributed by atoms with Crippen molar-refractivity contribution in [2.45, 2.75) is 26.4 Å². The standard InChI is InChI=1S/C16H18N4O2S/c1-3-12-9-14(21)20-16(18-12)23-15(19-20)17-10-11(2)22-13-7-5-4-6-8-13/h4-9,11H,3,10H2,1-2H3,(H,17,19). The van der Waals surface area contributed by atoms with Gasteiger partial charge in [-0.1, -0.05) is 36.5 Å². The first-order valence-electron chi connectivity index (χ1n) is 7.51. The van der Waals surface area contributed by atoms with Crippen LogP contribution >= 0.6 is 11.3 Å². The van der Waals surface area contributed by atoms with Crippen LogP contribution in [0.1, 0.15) is 19.5 Å². The Kier molecular flexibility index (Phi) is 4.57. The second kappa shape index (κ2) is 6.78. The van der Waals surface area contributed by atoms with E-state index < -0.39 is 0 Å². The van der Waals surface area contributed by atoms with E-state index in [2.05, 4.69) is 15.4 Å². The first kappa shape index (κ1) is 15.5. The van der Waals surface area contributed by atoms with E-state index in [9.17, 15) is 4.79 Å². The van der Waals surface area contributed by atoms with Crippen molar-refractivity contribution in [3.63, 3.8) is 0 Å². The molecule has 7 heteroatoms. The fraction of sp³-hybridized carbons (Fsp3) is 0.312. The molecule has 1 aromatic carbocycles. The fourth-order valence-corrected chi connectivity index (χ4v) is 2.94. The van der Waals surface area contributed by atoms with Crippen molar-refractivity contribution in [2.24, 2.45) is 0 Å². The van der Waals surface area contributed by atoms with Gasteiger partial charge in [0.15, 0.2) is 0 Å². The zero-order chi connectivity index (χ0) is 16.2. The topological polar surface area (TPSA) is 68.5 Å². The van der Waals surface area contributed by atoms with Crippen LogP contribution in [0.3, 0.4) is 0 Å². The molecular weight excluding hydrogens is 312 g/mol. The first-order chi connectivity index (χ1) is 11.2. The molecule has 1 unspecified atom stereocenters. The van der Waals surface area contributed by atoms with Gasteiger partial charge in [-0.15, -0.1) is 5.10 Å². The van der Waals surface area contributed by atoms with E-state index in [4.69, 9.17) is 4.74 Å². The lowest BCUT2D eigenvalue weighted by Crippen LogP contribution is -2.23. The zero-order valence-electron chi connectivity index (χ0n) is 13.0. The van der Waals surface area contributed by atoms with Crippen LogP contribution in [-0.2, 0) is 6.42 Å². The molecule has 1 atom stereocenters. The average molecular weight is 330 g/mol. The number of aryl methyl sites for hydroxylation is 1. The third kappa shape index (κ3) is 3.68. The van der Waals surface area contributed by atoms with Gasteiger partial charge in [-0.05, 0) is 25.5 Å². The minimum Gasteiger partial charge on any atom is -0.489 e. The number of nitrogens with one attached hydrogen (secondary N) is 1. The second-order valence-electron chi connectivity index (χ2n) is 5.16. The third-order valence-electron chi connectivity index (χ3n) is 3.28. The smallest absolute Gasteiger partial charge is 0.275 e. The Morgan fingerprint density at radius 1 is 1.35 bits per heavy atom. The van der Waals surface area contributed by atoms with Gasteiger partial charge < -0.3 is 10.1 Å². The van der Waals surface area contributed by atoms with Crippen molar-refractivity contribution in [3.05, 3.63) is 52.4 Å². The molecular formula is C16H18N4O2S. The quantitative estimate of drug-likeness (QED) is 0.752. The Bertz CT molecular complexity index is 844. The van der Waals surface area contributed by atoms with Crippen LogP contribution in [0, 0.1) is 0 Å². The highest BCUT2D eigenvalue weighted by Gasteiger charge is 2.10. The number of nitrogens with zero attached hydrogens (tertiary/aromatic N) is 3. The summed E-state index contributed by atoms with van der Waals surface area (Å²) in [6.07, 6.45) is 0.703. The molecule has 23 heavy (non-hydrogen) atoms. The van der Waals surface area contributed by atoms with Crippen molar-refractivity contribution in [3.8, 4) is 5.75 Å². The molecule has 0 spiro atoms. The maximum atomic E-state index is 12.0. The molecule has 3 aromatic rings. The van der Waals surface area contributed by atoms with Crippen LogP contribution in [-0.4, -0.2) is 27.2 Å². The number of hydrogen-bond acceptors (Lipinski definition) is 6. The summed E-state index contributed by atoms with van der Waals surface area (Å²) in [5.74, 6) is 0.830. The monoisotopic (exact) mass is 330 g/mol. The molecule has 1 N–H and O–H groups in total. The summed E-state index contributed by atoms with van der Waals surface area (Å²) in [6, 6.07) is 11.2. The maximum absolute atomic E-state index is 12.0. The lowest BCUT2D eigenvalue weighted by molar-refractivity contribution is 0.234. The third-order valence-corrected chi connectivity index (χ3v) is 4.15. The van der Waals surface area contributed by atoms with Crippen LogP contribution in [0.4, 0.5) is 5.13 Å². The van der Waals surface area contributed by atoms with Crippen molar-refractivity contribution >= 4 is 21.4 Å². The zero-order valence-corrected chi connectivity index (χ0v) is 13.8. The van der Waals surface area contributed by atoms with E-state index in [1.807, 2.05) is 44.2 Å². The number of para-hydroxylation sites is 1. The summed E-state index contributed by atoms with van der Waals surface area (Å²) >= 11 is 1.36. The Labute approximate surface area is 137 Å². The van der Waals surface area contributed by atoms with Crippen LogP contribution in [0.2, 0.25) is 0 Å². The summed E-state index contributed by atoms with van der Waals surface area (Å²) in [4.78, 5) is 17.0. The summed E-state index contributed by atoms with van der Waals surface area (Å²) in [6.45, 7) is 4.54. The van der Waals surface area contributed by atoms with Gasteiger partial charge in [-0.25, -0.2) is 4.98 Å². The molecule has 0 amide bonds. The molecule has 0 radical (unpaired) electrons. The van der Waals surface area contributed by atoms with Gasteiger partial charge >= 0.3 is 0 Å². The number of ether oxygens (including phenoxy) is 1. The highest BCUT2D eigenvalue weighted by atomic mass is 32.1. The average Bonchev–Trinajstić information content (AvgIpc) is 2.97. The number of anilines is 1. The van der Waals surface area contributed by atoms with Crippen molar-refractivity contribution < 1.29 is 4.74 Å². The van der Waals surface area contributed by atoms with E-state index in [0.29, 0.717) is 16.6 Å². The largest absolute Gasteiger partial charge is 0.489 e. The van der Waals surface area contributed by atoms with Crippen LogP contribution in [0.15, 0.2) is 41.2 Å². The molecule has 2 aromatic heterocycles. The van der Waals surface area contributed by atoms with Gasteiger partial charge in [0.05, 0.1) is 6.54 Å². The molecule has 120 valence electrons. The Morgan fingerprint density at radius 3 is 2.87 bits per heavy atom. The van der Waals surface area contributed by atoms with Gasteiger partial charge in [-0.3, -0.25) is 4.79 Å². The molecule has 3 rings (SSSR count). The van der Waals surface area contributed by atoms with Crippen LogP contribution in [0.25, 0.3) is 4.96 Å². The molecule has 0 aliphatic rings. The maximum Gasteiger partial charge on any atom is 0.275 e. The number of fused-ring (bicyclic) bond motifs is 1. The minimum absolute atomic E-state index is 0.0275. The van der Waals surface area contributed by atoms with E-state index in [1.54, 1.807) is 0 Å². The molecule has 0 saturated carbocycles. The van der Waals surface area contributed by atoms with Crippen molar-refractivity contribution in [2.75, 3.05) is 11.9 Å². The molecule has 0 aliphatic carbocycles. The fourth-order valence-electron chi connectivity index (χ4n) is 2.11. The van der Waals surface area contributed by atoms with Crippen LogP contribution in [0.5, 0.6) is 5.75 Å². The molecule has 6 nitrogen and oxygen atoms in total. The summed E-state index contributed by atoms with van der Waals surface area (Å²) in [5, 5.41) is 8.12. The summed E-state index contributed by atoms with van der Waals surface area (Å²) < 4.78 is 7.13. The van der Waals surface area contributed by atoms with E-state index in [0.717, 1.165) is 17.9 Å². The Balaban J connectivity index is 1.67. The van der Waals surface area contributed by atoms with E-state index in [1.165, 1.54) is 21.9 Å². The normalized spacial score (nSPS) is 12.3. The predicted molar refractivity (Wildman–Crippen MR) is 91.5 cm³/mol.